The van der Waals surface area contributed by atoms with Crippen molar-refractivity contribution < 1.29 is 34.3 Å². The molecule has 0 unspecified atom stereocenters. The highest BCUT2D eigenvalue weighted by molar-refractivity contribution is 5.88. The van der Waals surface area contributed by atoms with E-state index >= 15 is 0 Å². The number of hydrogen-bond donors (Lipinski definition) is 2. The third kappa shape index (κ3) is 4.90. The maximum absolute atomic E-state index is 11.2. The molecule has 0 aliphatic heterocycles. The molecule has 9 nitrogen and oxygen atoms in total. The topological polar surface area (TPSA) is 144 Å². The minimum atomic E-state index is -1.32. The highest BCUT2D eigenvalue weighted by Gasteiger charge is 2.18. The van der Waals surface area contributed by atoms with Gasteiger partial charge in [-0.3, -0.25) is 19.7 Å². The van der Waals surface area contributed by atoms with Gasteiger partial charge < -0.3 is 14.9 Å². The number of carbonyl (C=O) groups is 3. The molecule has 0 saturated heterocycles. The van der Waals surface area contributed by atoms with Crippen LogP contribution in [0.15, 0.2) is 18.2 Å². The van der Waals surface area contributed by atoms with Gasteiger partial charge in [-0.25, -0.2) is 4.79 Å². The first-order valence-electron chi connectivity index (χ1n) is 5.69. The molecule has 9 heteroatoms. The lowest BCUT2D eigenvalue weighted by Gasteiger charge is -2.06. The van der Waals surface area contributed by atoms with Gasteiger partial charge in [-0.05, 0) is 12.1 Å². The summed E-state index contributed by atoms with van der Waals surface area (Å²) in [6, 6.07) is 3.19. The number of aromatic carboxylic acids is 1. The average molecular weight is 297 g/mol. The molecule has 112 valence electrons. The third-order valence-electron chi connectivity index (χ3n) is 2.46. The minimum absolute atomic E-state index is 0.0219. The molecule has 0 atom stereocenters. The number of carboxylic acids is 2. The van der Waals surface area contributed by atoms with Gasteiger partial charge in [-0.2, -0.15) is 0 Å². The van der Waals surface area contributed by atoms with Crippen LogP contribution in [0.2, 0.25) is 0 Å². The van der Waals surface area contributed by atoms with Crippen molar-refractivity contribution in [2.24, 2.45) is 0 Å². The molecule has 1 aromatic rings. The second kappa shape index (κ2) is 6.98. The van der Waals surface area contributed by atoms with Crippen LogP contribution in [0.1, 0.15) is 28.8 Å². The molecule has 0 aliphatic rings. The lowest BCUT2D eigenvalue weighted by Crippen LogP contribution is -2.09. The summed E-state index contributed by atoms with van der Waals surface area (Å²) in [5.74, 6) is -3.29. The highest BCUT2D eigenvalue weighted by atomic mass is 16.6. The van der Waals surface area contributed by atoms with Crippen LogP contribution in [-0.4, -0.2) is 33.0 Å². The van der Waals surface area contributed by atoms with Crippen molar-refractivity contribution in [3.63, 3.8) is 0 Å². The summed E-state index contributed by atoms with van der Waals surface area (Å²) in [6.45, 7) is -0.436. The lowest BCUT2D eigenvalue weighted by molar-refractivity contribution is -0.385. The van der Waals surface area contributed by atoms with Crippen molar-refractivity contribution >= 4 is 23.6 Å². The monoisotopic (exact) mass is 297 g/mol. The summed E-state index contributed by atoms with van der Waals surface area (Å²) in [7, 11) is 0. The Kier molecular flexibility index (Phi) is 5.35. The molecule has 0 aromatic heterocycles. The van der Waals surface area contributed by atoms with E-state index in [0.717, 1.165) is 12.1 Å². The zero-order chi connectivity index (χ0) is 16.0. The molecule has 0 aliphatic carbocycles. The zero-order valence-corrected chi connectivity index (χ0v) is 10.6. The number of aliphatic carboxylic acids is 1. The smallest absolute Gasteiger partial charge is 0.335 e. The van der Waals surface area contributed by atoms with Crippen molar-refractivity contribution in [3.05, 3.63) is 39.4 Å². The molecule has 0 radical (unpaired) electrons. The highest BCUT2D eigenvalue weighted by Crippen LogP contribution is 2.21. The Hall–Kier alpha value is -2.97. The fraction of sp³-hybridized carbons (Fsp3) is 0.250. The van der Waals surface area contributed by atoms with Crippen LogP contribution < -0.4 is 0 Å². The van der Waals surface area contributed by atoms with E-state index in [9.17, 15) is 24.5 Å². The first kappa shape index (κ1) is 16.1. The van der Waals surface area contributed by atoms with Gasteiger partial charge in [0.2, 0.25) is 0 Å². The fourth-order valence-corrected chi connectivity index (χ4v) is 1.43. The normalized spacial score (nSPS) is 9.90. The summed E-state index contributed by atoms with van der Waals surface area (Å²) in [6.07, 6.45) is -0.755. The van der Waals surface area contributed by atoms with Crippen LogP contribution in [-0.2, 0) is 20.9 Å². The number of hydrogen-bond acceptors (Lipinski definition) is 6. The van der Waals surface area contributed by atoms with E-state index in [1.165, 1.54) is 6.07 Å². The quantitative estimate of drug-likeness (QED) is 0.434. The van der Waals surface area contributed by atoms with Gasteiger partial charge in [0, 0.05) is 6.07 Å². The molecule has 0 amide bonds. The number of ether oxygens (including phenoxy) is 1. The molecule has 0 fully saturated rings. The Morgan fingerprint density at radius 1 is 1.19 bits per heavy atom. The van der Waals surface area contributed by atoms with Gasteiger partial charge in [0.1, 0.15) is 6.61 Å². The number of nitro benzene ring substituents is 1. The molecule has 0 saturated carbocycles. The predicted molar refractivity (Wildman–Crippen MR) is 66.7 cm³/mol. The number of nitrogens with zero attached hydrogens (tertiary/aromatic N) is 1. The molecule has 0 heterocycles. The van der Waals surface area contributed by atoms with Gasteiger partial charge in [0.15, 0.2) is 0 Å². The summed E-state index contributed by atoms with van der Waals surface area (Å²) in [5, 5.41) is 28.0. The second-order valence-electron chi connectivity index (χ2n) is 3.96. The number of esters is 1. The van der Waals surface area contributed by atoms with E-state index in [1.54, 1.807) is 0 Å². The Labute approximate surface area is 117 Å². The number of nitro groups is 1. The minimum Gasteiger partial charge on any atom is -0.481 e. The number of rotatable bonds is 7. The van der Waals surface area contributed by atoms with Gasteiger partial charge in [0.25, 0.3) is 5.69 Å². The van der Waals surface area contributed by atoms with Crippen LogP contribution in [0.5, 0.6) is 0 Å². The van der Waals surface area contributed by atoms with Gasteiger partial charge in [0.05, 0.1) is 28.9 Å². The first-order valence-corrected chi connectivity index (χ1v) is 5.69. The Balaban J connectivity index is 2.79. The Morgan fingerprint density at radius 2 is 1.86 bits per heavy atom. The fourth-order valence-electron chi connectivity index (χ4n) is 1.43. The van der Waals surface area contributed by atoms with Crippen LogP contribution in [0.3, 0.4) is 0 Å². The van der Waals surface area contributed by atoms with E-state index in [0.29, 0.717) is 0 Å². The van der Waals surface area contributed by atoms with Gasteiger partial charge in [-0.15, -0.1) is 0 Å². The van der Waals surface area contributed by atoms with Crippen LogP contribution in [0.25, 0.3) is 0 Å². The number of benzene rings is 1. The van der Waals surface area contributed by atoms with Gasteiger partial charge >= 0.3 is 17.9 Å². The van der Waals surface area contributed by atoms with Gasteiger partial charge in [-0.1, -0.05) is 0 Å². The Morgan fingerprint density at radius 3 is 2.38 bits per heavy atom. The number of carbonyl (C=O) groups excluding carboxylic acids is 1. The molecule has 21 heavy (non-hydrogen) atoms. The van der Waals surface area contributed by atoms with Crippen molar-refractivity contribution in [2.75, 3.05) is 0 Å². The van der Waals surface area contributed by atoms with Crippen LogP contribution in [0.4, 0.5) is 5.69 Å². The largest absolute Gasteiger partial charge is 0.481 e. The Bertz CT molecular complexity index is 595. The zero-order valence-electron chi connectivity index (χ0n) is 10.6. The van der Waals surface area contributed by atoms with Crippen LogP contribution >= 0.6 is 0 Å². The summed E-state index contributed by atoms with van der Waals surface area (Å²) < 4.78 is 4.72. The molecular weight excluding hydrogens is 286 g/mol. The molecule has 1 rings (SSSR count). The third-order valence-corrected chi connectivity index (χ3v) is 2.46. The second-order valence-corrected chi connectivity index (χ2v) is 3.96. The SMILES string of the molecule is O=C(O)CCC(=O)OCc1ccc(C(=O)O)cc1[N+](=O)[O-]. The molecule has 2 N–H and O–H groups in total. The van der Waals surface area contributed by atoms with Crippen molar-refractivity contribution in [3.8, 4) is 0 Å². The maximum Gasteiger partial charge on any atom is 0.335 e. The van der Waals surface area contributed by atoms with E-state index in [1.807, 2.05) is 0 Å². The standard InChI is InChI=1S/C12H11NO8/c14-10(15)3-4-11(16)21-6-8-2-1-7(12(17)18)5-9(8)13(19)20/h1-2,5H,3-4,6H2,(H,14,15)(H,17,18). The molecule has 0 spiro atoms. The molecule has 0 bridgehead atoms. The van der Waals surface area contributed by atoms with Crippen molar-refractivity contribution in [1.82, 2.24) is 0 Å². The predicted octanol–water partition coefficient (Wildman–Crippen LogP) is 1.20. The van der Waals surface area contributed by atoms with Crippen LogP contribution in [0, 0.1) is 10.1 Å². The van der Waals surface area contributed by atoms with Crippen molar-refractivity contribution in [1.29, 1.82) is 0 Å². The van der Waals surface area contributed by atoms with E-state index in [-0.39, 0.29) is 17.5 Å². The van der Waals surface area contributed by atoms with E-state index < -0.39 is 41.5 Å². The van der Waals surface area contributed by atoms with Crippen molar-refractivity contribution in [2.45, 2.75) is 19.4 Å². The lowest BCUT2D eigenvalue weighted by atomic mass is 10.1. The molecular formula is C12H11NO8. The summed E-state index contributed by atoms with van der Waals surface area (Å²) >= 11 is 0. The summed E-state index contributed by atoms with van der Waals surface area (Å²) in [4.78, 5) is 42.3. The molecule has 1 aromatic carbocycles. The van der Waals surface area contributed by atoms with E-state index in [4.69, 9.17) is 14.9 Å². The van der Waals surface area contributed by atoms with E-state index in [2.05, 4.69) is 0 Å². The number of carboxylic acid groups (broad SMARTS) is 2. The average Bonchev–Trinajstić information content (AvgIpc) is 2.42. The first-order chi connectivity index (χ1) is 9.81. The maximum atomic E-state index is 11.2. The summed E-state index contributed by atoms with van der Waals surface area (Å²) in [5.41, 5.74) is -0.725.